The average molecular weight is 246 g/mol. The van der Waals surface area contributed by atoms with Gasteiger partial charge in [-0.3, -0.25) is 0 Å². The number of furan rings is 1. The van der Waals surface area contributed by atoms with E-state index in [0.29, 0.717) is 18.8 Å². The predicted octanol–water partition coefficient (Wildman–Crippen LogP) is 0.803. The van der Waals surface area contributed by atoms with E-state index in [9.17, 15) is 8.42 Å². The first-order valence-electron chi connectivity index (χ1n) is 5.10. The van der Waals surface area contributed by atoms with Crippen molar-refractivity contribution in [2.75, 3.05) is 20.1 Å². The highest BCUT2D eigenvalue weighted by Crippen LogP contribution is 2.17. The molecule has 1 unspecified atom stereocenters. The molecule has 6 heteroatoms. The molecule has 0 aliphatic carbocycles. The zero-order valence-corrected chi connectivity index (χ0v) is 10.6. The van der Waals surface area contributed by atoms with Gasteiger partial charge < -0.3 is 10.2 Å². The fourth-order valence-electron chi connectivity index (χ4n) is 1.32. The fourth-order valence-corrected chi connectivity index (χ4v) is 2.55. The maximum atomic E-state index is 12.0. The van der Waals surface area contributed by atoms with Crippen LogP contribution in [-0.2, 0) is 10.0 Å². The van der Waals surface area contributed by atoms with E-state index in [1.165, 1.54) is 17.4 Å². The maximum absolute atomic E-state index is 12.0. The van der Waals surface area contributed by atoms with Gasteiger partial charge in [0, 0.05) is 13.6 Å². The van der Waals surface area contributed by atoms with Gasteiger partial charge in [0.15, 0.2) is 0 Å². The van der Waals surface area contributed by atoms with Crippen molar-refractivity contribution in [3.63, 3.8) is 0 Å². The molecule has 0 fully saturated rings. The summed E-state index contributed by atoms with van der Waals surface area (Å²) in [5.41, 5.74) is 5.46. The zero-order valence-electron chi connectivity index (χ0n) is 9.80. The minimum atomic E-state index is -3.51. The molecule has 1 aromatic rings. The minimum absolute atomic E-state index is 0.0169. The molecule has 0 radical (unpaired) electrons. The van der Waals surface area contributed by atoms with E-state index < -0.39 is 10.0 Å². The predicted molar refractivity (Wildman–Crippen MR) is 61.5 cm³/mol. The van der Waals surface area contributed by atoms with E-state index >= 15 is 0 Å². The van der Waals surface area contributed by atoms with E-state index in [-0.39, 0.29) is 11.0 Å². The molecule has 0 aromatic carbocycles. The Balaban J connectivity index is 2.86. The first-order chi connectivity index (χ1) is 7.37. The van der Waals surface area contributed by atoms with Gasteiger partial charge in [-0.1, -0.05) is 6.92 Å². The van der Waals surface area contributed by atoms with Crippen LogP contribution in [0.1, 0.15) is 12.7 Å². The third-order valence-corrected chi connectivity index (χ3v) is 4.05. The highest BCUT2D eigenvalue weighted by molar-refractivity contribution is 7.89. The third-order valence-electron chi connectivity index (χ3n) is 2.35. The molecule has 1 atom stereocenters. The van der Waals surface area contributed by atoms with Crippen molar-refractivity contribution in [1.82, 2.24) is 4.31 Å². The lowest BCUT2D eigenvalue weighted by molar-refractivity contribution is 0.372. The molecule has 2 N–H and O–H groups in total. The second-order valence-corrected chi connectivity index (χ2v) is 5.97. The normalized spacial score (nSPS) is 14.3. The van der Waals surface area contributed by atoms with E-state index in [0.717, 1.165) is 0 Å². The van der Waals surface area contributed by atoms with Crippen LogP contribution >= 0.6 is 0 Å². The molecule has 0 spiro atoms. The van der Waals surface area contributed by atoms with Crippen LogP contribution in [0.4, 0.5) is 0 Å². The summed E-state index contributed by atoms with van der Waals surface area (Å²) in [5, 5.41) is -0.0169. The third kappa shape index (κ3) is 2.84. The summed E-state index contributed by atoms with van der Waals surface area (Å²) in [4.78, 5) is 0. The minimum Gasteiger partial charge on any atom is -0.449 e. The van der Waals surface area contributed by atoms with Crippen LogP contribution in [0.25, 0.3) is 0 Å². The molecule has 1 heterocycles. The quantitative estimate of drug-likeness (QED) is 0.834. The molecule has 92 valence electrons. The van der Waals surface area contributed by atoms with Crippen LogP contribution in [0.15, 0.2) is 21.6 Å². The number of rotatable bonds is 5. The van der Waals surface area contributed by atoms with Gasteiger partial charge in [0.2, 0.25) is 5.09 Å². The van der Waals surface area contributed by atoms with Crippen LogP contribution in [0.2, 0.25) is 0 Å². The molecule has 1 rings (SSSR count). The van der Waals surface area contributed by atoms with Crippen molar-refractivity contribution in [3.05, 3.63) is 17.9 Å². The number of nitrogens with two attached hydrogens (primary N) is 1. The van der Waals surface area contributed by atoms with Crippen molar-refractivity contribution < 1.29 is 12.8 Å². The van der Waals surface area contributed by atoms with Gasteiger partial charge in [-0.15, -0.1) is 0 Å². The lowest BCUT2D eigenvalue weighted by atomic mass is 10.2. The van der Waals surface area contributed by atoms with E-state index in [1.54, 1.807) is 13.0 Å². The van der Waals surface area contributed by atoms with Crippen LogP contribution < -0.4 is 5.73 Å². The SMILES string of the molecule is Cc1ccc(S(=O)(=O)N(C)CC(C)CN)o1. The molecule has 0 saturated heterocycles. The first kappa shape index (κ1) is 13.2. The van der Waals surface area contributed by atoms with Crippen molar-refractivity contribution in [2.45, 2.75) is 18.9 Å². The van der Waals surface area contributed by atoms with Crippen molar-refractivity contribution >= 4 is 10.0 Å². The van der Waals surface area contributed by atoms with E-state index in [1.807, 2.05) is 6.92 Å². The summed E-state index contributed by atoms with van der Waals surface area (Å²) >= 11 is 0. The second kappa shape index (κ2) is 4.99. The van der Waals surface area contributed by atoms with Crippen LogP contribution in [0, 0.1) is 12.8 Å². The number of nitrogens with zero attached hydrogens (tertiary/aromatic N) is 1. The molecule has 16 heavy (non-hydrogen) atoms. The maximum Gasteiger partial charge on any atom is 0.276 e. The summed E-state index contributed by atoms with van der Waals surface area (Å²) < 4.78 is 30.4. The molecule has 0 aliphatic heterocycles. The Bertz CT molecular complexity index is 439. The van der Waals surface area contributed by atoms with Gasteiger partial charge in [-0.05, 0) is 31.5 Å². The molecular formula is C10H18N2O3S. The van der Waals surface area contributed by atoms with Crippen molar-refractivity contribution in [1.29, 1.82) is 0 Å². The summed E-state index contributed by atoms with van der Waals surface area (Å²) in [7, 11) is -1.99. The summed E-state index contributed by atoms with van der Waals surface area (Å²) in [5.74, 6) is 0.703. The summed E-state index contributed by atoms with van der Waals surface area (Å²) in [6.07, 6.45) is 0. The monoisotopic (exact) mass is 246 g/mol. The first-order valence-corrected chi connectivity index (χ1v) is 6.54. The lowest BCUT2D eigenvalue weighted by Crippen LogP contribution is -2.33. The lowest BCUT2D eigenvalue weighted by Gasteiger charge is -2.18. The molecule has 0 aliphatic rings. The summed E-state index contributed by atoms with van der Waals surface area (Å²) in [6.45, 7) is 4.45. The highest BCUT2D eigenvalue weighted by atomic mass is 32.2. The van der Waals surface area contributed by atoms with Crippen LogP contribution in [0.5, 0.6) is 0 Å². The molecule has 0 amide bonds. The van der Waals surface area contributed by atoms with Crippen LogP contribution in [0.3, 0.4) is 0 Å². The average Bonchev–Trinajstić information content (AvgIpc) is 2.65. The Morgan fingerprint density at radius 2 is 2.12 bits per heavy atom. The molecular weight excluding hydrogens is 228 g/mol. The van der Waals surface area contributed by atoms with Crippen molar-refractivity contribution in [2.24, 2.45) is 11.7 Å². The van der Waals surface area contributed by atoms with Gasteiger partial charge >= 0.3 is 0 Å². The number of hydrogen-bond donors (Lipinski definition) is 1. The fraction of sp³-hybridized carbons (Fsp3) is 0.600. The highest BCUT2D eigenvalue weighted by Gasteiger charge is 2.24. The van der Waals surface area contributed by atoms with Gasteiger partial charge in [0.25, 0.3) is 10.0 Å². The number of hydrogen-bond acceptors (Lipinski definition) is 4. The molecule has 5 nitrogen and oxygen atoms in total. The Hall–Kier alpha value is -0.850. The zero-order chi connectivity index (χ0) is 12.3. The largest absolute Gasteiger partial charge is 0.449 e. The Morgan fingerprint density at radius 3 is 2.56 bits per heavy atom. The van der Waals surface area contributed by atoms with Crippen LogP contribution in [-0.4, -0.2) is 32.9 Å². The van der Waals surface area contributed by atoms with E-state index in [4.69, 9.17) is 10.2 Å². The molecule has 1 aromatic heterocycles. The van der Waals surface area contributed by atoms with Crippen molar-refractivity contribution in [3.8, 4) is 0 Å². The smallest absolute Gasteiger partial charge is 0.276 e. The van der Waals surface area contributed by atoms with Gasteiger partial charge in [0.1, 0.15) is 5.76 Å². The number of sulfonamides is 1. The summed E-state index contributed by atoms with van der Waals surface area (Å²) in [6, 6.07) is 3.10. The molecule has 0 bridgehead atoms. The Morgan fingerprint density at radius 1 is 1.50 bits per heavy atom. The Labute approximate surface area is 96.3 Å². The van der Waals surface area contributed by atoms with Gasteiger partial charge in [0.05, 0.1) is 0 Å². The van der Waals surface area contributed by atoms with Gasteiger partial charge in [-0.2, -0.15) is 4.31 Å². The van der Waals surface area contributed by atoms with E-state index in [2.05, 4.69) is 0 Å². The molecule has 0 saturated carbocycles. The Kier molecular flexibility index (Phi) is 4.12. The standard InChI is InChI=1S/C10H18N2O3S/c1-8(6-11)7-12(3)16(13,14)10-5-4-9(2)15-10/h4-5,8H,6-7,11H2,1-3H3. The second-order valence-electron chi connectivity index (χ2n) is 3.99. The van der Waals surface area contributed by atoms with Gasteiger partial charge in [-0.25, -0.2) is 8.42 Å². The topological polar surface area (TPSA) is 76.5 Å². The number of aryl methyl sites for hydroxylation is 1.